The normalized spacial score (nSPS) is 11.5. The first kappa shape index (κ1) is 16.6. The van der Waals surface area contributed by atoms with E-state index in [0.717, 1.165) is 12.5 Å². The Morgan fingerprint density at radius 1 is 1.48 bits per heavy atom. The Hall–Kier alpha value is -2.44. The van der Waals surface area contributed by atoms with Gasteiger partial charge >= 0.3 is 5.97 Å². The van der Waals surface area contributed by atoms with Gasteiger partial charge in [0.15, 0.2) is 6.29 Å². The number of esters is 1. The van der Waals surface area contributed by atoms with Crippen LogP contribution in [0.5, 0.6) is 5.75 Å². The number of benzene rings is 1. The summed E-state index contributed by atoms with van der Waals surface area (Å²) in [5.41, 5.74) is -0.111. The number of nitro benzene ring substituents is 1. The quantitative estimate of drug-likeness (QED) is 0.316. The molecule has 7 heteroatoms. The zero-order chi connectivity index (χ0) is 15.8. The van der Waals surface area contributed by atoms with Gasteiger partial charge in [-0.1, -0.05) is 13.3 Å². The first-order valence-electron chi connectivity index (χ1n) is 6.48. The van der Waals surface area contributed by atoms with Crippen LogP contribution in [-0.4, -0.2) is 30.4 Å². The first-order valence-corrected chi connectivity index (χ1v) is 6.48. The molecule has 114 valence electrons. The van der Waals surface area contributed by atoms with Gasteiger partial charge in [-0.2, -0.15) is 0 Å². The number of methoxy groups -OCH3 is 1. The van der Waals surface area contributed by atoms with Crippen molar-refractivity contribution in [1.29, 1.82) is 0 Å². The van der Waals surface area contributed by atoms with E-state index in [1.165, 1.54) is 19.2 Å². The van der Waals surface area contributed by atoms with Crippen molar-refractivity contribution in [3.63, 3.8) is 0 Å². The molecule has 0 aliphatic carbocycles. The standard InChI is InChI=1S/C14H17NO6/c1-3-4-12(8-14(17)20-2)21-13-6-5-11(15(18)19)7-10(13)9-16/h5-7,9,12H,3-4,8H2,1-2H3. The highest BCUT2D eigenvalue weighted by Gasteiger charge is 2.18. The maximum Gasteiger partial charge on any atom is 0.309 e. The number of non-ortho nitro benzene ring substituents is 1. The number of hydrogen-bond acceptors (Lipinski definition) is 6. The van der Waals surface area contributed by atoms with E-state index in [9.17, 15) is 19.7 Å². The van der Waals surface area contributed by atoms with Gasteiger partial charge in [0, 0.05) is 12.1 Å². The highest BCUT2D eigenvalue weighted by molar-refractivity contribution is 5.80. The molecule has 0 aliphatic heterocycles. The van der Waals surface area contributed by atoms with Gasteiger partial charge in [0.25, 0.3) is 5.69 Å². The number of rotatable bonds is 8. The van der Waals surface area contributed by atoms with E-state index in [2.05, 4.69) is 4.74 Å². The maximum atomic E-state index is 11.3. The number of nitro groups is 1. The van der Waals surface area contributed by atoms with Crippen molar-refractivity contribution < 1.29 is 24.0 Å². The molecule has 21 heavy (non-hydrogen) atoms. The third kappa shape index (κ3) is 4.87. The fourth-order valence-electron chi connectivity index (χ4n) is 1.82. The molecule has 1 aromatic carbocycles. The molecule has 0 N–H and O–H groups in total. The summed E-state index contributed by atoms with van der Waals surface area (Å²) in [4.78, 5) is 32.4. The zero-order valence-electron chi connectivity index (χ0n) is 11.9. The van der Waals surface area contributed by atoms with Crippen LogP contribution in [0.1, 0.15) is 36.5 Å². The Labute approximate surface area is 122 Å². The largest absolute Gasteiger partial charge is 0.489 e. The lowest BCUT2D eigenvalue weighted by atomic mass is 10.1. The summed E-state index contributed by atoms with van der Waals surface area (Å²) in [6.45, 7) is 1.93. The van der Waals surface area contributed by atoms with Crippen LogP contribution in [0.2, 0.25) is 0 Å². The number of nitrogens with zero attached hydrogens (tertiary/aromatic N) is 1. The molecule has 1 rings (SSSR count). The van der Waals surface area contributed by atoms with Crippen LogP contribution in [0.3, 0.4) is 0 Å². The van der Waals surface area contributed by atoms with E-state index in [1.807, 2.05) is 6.92 Å². The predicted molar refractivity (Wildman–Crippen MR) is 74.4 cm³/mol. The summed E-state index contributed by atoms with van der Waals surface area (Å²) in [5, 5.41) is 10.7. The highest BCUT2D eigenvalue weighted by atomic mass is 16.6. The van der Waals surface area contributed by atoms with Gasteiger partial charge < -0.3 is 9.47 Å². The minimum absolute atomic E-state index is 0.0552. The molecular weight excluding hydrogens is 278 g/mol. The van der Waals surface area contributed by atoms with Crippen LogP contribution in [0.25, 0.3) is 0 Å². The van der Waals surface area contributed by atoms with E-state index in [-0.39, 0.29) is 23.4 Å². The second-order valence-electron chi connectivity index (χ2n) is 4.41. The highest BCUT2D eigenvalue weighted by Crippen LogP contribution is 2.25. The molecule has 0 heterocycles. The smallest absolute Gasteiger partial charge is 0.309 e. The summed E-state index contributed by atoms with van der Waals surface area (Å²) in [6.07, 6.45) is 1.49. The van der Waals surface area contributed by atoms with Crippen molar-refractivity contribution in [3.8, 4) is 5.75 Å². The number of carbonyl (C=O) groups excluding carboxylic acids is 2. The number of aldehydes is 1. The third-order valence-corrected chi connectivity index (χ3v) is 2.86. The summed E-state index contributed by atoms with van der Waals surface area (Å²) < 4.78 is 10.2. The third-order valence-electron chi connectivity index (χ3n) is 2.86. The second-order valence-corrected chi connectivity index (χ2v) is 4.41. The number of carbonyl (C=O) groups is 2. The van der Waals surface area contributed by atoms with Crippen LogP contribution < -0.4 is 4.74 Å². The first-order chi connectivity index (χ1) is 10.0. The van der Waals surface area contributed by atoms with Crippen LogP contribution in [0.4, 0.5) is 5.69 Å². The van der Waals surface area contributed by atoms with Crippen molar-refractivity contribution in [3.05, 3.63) is 33.9 Å². The molecular formula is C14H17NO6. The minimum atomic E-state index is -0.589. The van der Waals surface area contributed by atoms with Crippen LogP contribution in [0.15, 0.2) is 18.2 Å². The van der Waals surface area contributed by atoms with Crippen LogP contribution in [-0.2, 0) is 9.53 Å². The van der Waals surface area contributed by atoms with E-state index in [0.29, 0.717) is 12.7 Å². The molecule has 1 aromatic rings. The zero-order valence-corrected chi connectivity index (χ0v) is 11.9. The Morgan fingerprint density at radius 3 is 2.71 bits per heavy atom. The predicted octanol–water partition coefficient (Wildman–Crippen LogP) is 2.52. The summed E-state index contributed by atoms with van der Waals surface area (Å²) in [6, 6.07) is 3.76. The molecule has 0 saturated heterocycles. The number of ether oxygens (including phenoxy) is 2. The molecule has 0 saturated carbocycles. The fraction of sp³-hybridized carbons (Fsp3) is 0.429. The van der Waals surface area contributed by atoms with Gasteiger partial charge in [-0.3, -0.25) is 19.7 Å². The van der Waals surface area contributed by atoms with Crippen LogP contribution >= 0.6 is 0 Å². The van der Waals surface area contributed by atoms with Gasteiger partial charge in [0.1, 0.15) is 11.9 Å². The SMILES string of the molecule is CCCC(CC(=O)OC)Oc1ccc([N+](=O)[O-])cc1C=O. The maximum absolute atomic E-state index is 11.3. The van der Waals surface area contributed by atoms with Gasteiger partial charge in [-0.25, -0.2) is 0 Å². The monoisotopic (exact) mass is 295 g/mol. The molecule has 1 atom stereocenters. The Balaban J connectivity index is 2.94. The Bertz CT molecular complexity index is 528. The van der Waals surface area contributed by atoms with E-state index in [1.54, 1.807) is 0 Å². The van der Waals surface area contributed by atoms with E-state index in [4.69, 9.17) is 4.74 Å². The summed E-state index contributed by atoms with van der Waals surface area (Å²) in [7, 11) is 1.29. The van der Waals surface area contributed by atoms with Gasteiger partial charge in [0.2, 0.25) is 0 Å². The number of hydrogen-bond donors (Lipinski definition) is 0. The average molecular weight is 295 g/mol. The lowest BCUT2D eigenvalue weighted by Gasteiger charge is -2.18. The Morgan fingerprint density at radius 2 is 2.19 bits per heavy atom. The van der Waals surface area contributed by atoms with Crippen molar-refractivity contribution in [2.75, 3.05) is 7.11 Å². The molecule has 0 radical (unpaired) electrons. The van der Waals surface area contributed by atoms with Crippen molar-refractivity contribution >= 4 is 17.9 Å². The van der Waals surface area contributed by atoms with E-state index >= 15 is 0 Å². The molecule has 0 amide bonds. The molecule has 0 aliphatic rings. The molecule has 0 fully saturated rings. The molecule has 0 bridgehead atoms. The van der Waals surface area contributed by atoms with Gasteiger partial charge in [0.05, 0.1) is 24.0 Å². The van der Waals surface area contributed by atoms with Crippen molar-refractivity contribution in [2.45, 2.75) is 32.3 Å². The van der Waals surface area contributed by atoms with Crippen LogP contribution in [0, 0.1) is 10.1 Å². The second kappa shape index (κ2) is 7.98. The fourth-order valence-corrected chi connectivity index (χ4v) is 1.82. The van der Waals surface area contributed by atoms with Gasteiger partial charge in [-0.05, 0) is 12.5 Å². The molecule has 0 aromatic heterocycles. The molecule has 1 unspecified atom stereocenters. The summed E-state index contributed by atoms with van der Waals surface area (Å²) >= 11 is 0. The molecule has 0 spiro atoms. The average Bonchev–Trinajstić information content (AvgIpc) is 2.47. The van der Waals surface area contributed by atoms with Crippen molar-refractivity contribution in [2.24, 2.45) is 0 Å². The summed E-state index contributed by atoms with van der Waals surface area (Å²) in [5.74, 6) is -0.194. The van der Waals surface area contributed by atoms with E-state index < -0.39 is 17.0 Å². The topological polar surface area (TPSA) is 95.7 Å². The Kier molecular flexibility index (Phi) is 6.32. The van der Waals surface area contributed by atoms with Gasteiger partial charge in [-0.15, -0.1) is 0 Å². The lowest BCUT2D eigenvalue weighted by molar-refractivity contribution is -0.384. The van der Waals surface area contributed by atoms with Crippen molar-refractivity contribution in [1.82, 2.24) is 0 Å². The molecule has 7 nitrogen and oxygen atoms in total. The lowest BCUT2D eigenvalue weighted by Crippen LogP contribution is -2.22. The minimum Gasteiger partial charge on any atom is -0.489 e.